The zero-order valence-electron chi connectivity index (χ0n) is 12.3. The van der Waals surface area contributed by atoms with Crippen molar-refractivity contribution in [1.29, 1.82) is 0 Å². The molecule has 0 unspecified atom stereocenters. The van der Waals surface area contributed by atoms with Crippen molar-refractivity contribution in [2.24, 2.45) is 0 Å². The van der Waals surface area contributed by atoms with Crippen LogP contribution < -0.4 is 15.8 Å². The van der Waals surface area contributed by atoms with Gasteiger partial charge >= 0.3 is 0 Å². The van der Waals surface area contributed by atoms with E-state index in [0.717, 1.165) is 23.3 Å². The fourth-order valence-corrected chi connectivity index (χ4v) is 2.14. The van der Waals surface area contributed by atoms with Crippen LogP contribution in [0.5, 0.6) is 5.75 Å². The average Bonchev–Trinajstić information content (AvgIpc) is 2.50. The van der Waals surface area contributed by atoms with Crippen molar-refractivity contribution in [3.05, 3.63) is 59.2 Å². The van der Waals surface area contributed by atoms with Crippen molar-refractivity contribution in [3.63, 3.8) is 0 Å². The highest BCUT2D eigenvalue weighted by Crippen LogP contribution is 2.15. The number of hydrogen-bond donors (Lipinski definition) is 2. The molecule has 0 aliphatic carbocycles. The summed E-state index contributed by atoms with van der Waals surface area (Å²) in [6, 6.07) is 13.2. The molecule has 0 spiro atoms. The van der Waals surface area contributed by atoms with Gasteiger partial charge in [0.25, 0.3) is 5.91 Å². The van der Waals surface area contributed by atoms with E-state index in [9.17, 15) is 4.79 Å². The maximum Gasteiger partial charge on any atom is 0.251 e. The van der Waals surface area contributed by atoms with E-state index in [4.69, 9.17) is 10.5 Å². The molecule has 2 rings (SSSR count). The number of amides is 1. The van der Waals surface area contributed by atoms with E-state index in [-0.39, 0.29) is 5.91 Å². The second-order valence-corrected chi connectivity index (χ2v) is 4.88. The molecule has 0 aliphatic rings. The predicted octanol–water partition coefficient (Wildman–Crippen LogP) is 2.56. The van der Waals surface area contributed by atoms with Crippen molar-refractivity contribution in [3.8, 4) is 5.75 Å². The first-order valence-electron chi connectivity index (χ1n) is 6.88. The van der Waals surface area contributed by atoms with Crippen molar-refractivity contribution in [2.45, 2.75) is 13.3 Å². The Balaban J connectivity index is 1.94. The summed E-state index contributed by atoms with van der Waals surface area (Å²) >= 11 is 0. The van der Waals surface area contributed by atoms with Gasteiger partial charge in [0, 0.05) is 17.8 Å². The molecule has 4 nitrogen and oxygen atoms in total. The zero-order valence-corrected chi connectivity index (χ0v) is 12.3. The number of nitrogen functional groups attached to an aromatic ring is 1. The molecule has 0 aromatic heterocycles. The van der Waals surface area contributed by atoms with Crippen LogP contribution in [0.3, 0.4) is 0 Å². The summed E-state index contributed by atoms with van der Waals surface area (Å²) < 4.78 is 5.18. The number of ether oxygens (including phenoxy) is 1. The summed E-state index contributed by atoms with van der Waals surface area (Å²) in [5.41, 5.74) is 9.02. The van der Waals surface area contributed by atoms with Gasteiger partial charge in [-0.3, -0.25) is 4.79 Å². The lowest BCUT2D eigenvalue weighted by Crippen LogP contribution is -2.26. The number of rotatable bonds is 5. The fourth-order valence-electron chi connectivity index (χ4n) is 2.14. The number of methoxy groups -OCH3 is 1. The molecule has 0 aliphatic heterocycles. The van der Waals surface area contributed by atoms with Gasteiger partial charge in [0.2, 0.25) is 0 Å². The Morgan fingerprint density at radius 1 is 1.24 bits per heavy atom. The first kappa shape index (κ1) is 14.9. The molecule has 1 amide bonds. The largest absolute Gasteiger partial charge is 0.497 e. The molecule has 0 saturated heterocycles. The normalized spacial score (nSPS) is 10.2. The molecule has 2 aromatic carbocycles. The Kier molecular flexibility index (Phi) is 4.82. The lowest BCUT2D eigenvalue weighted by Gasteiger charge is -2.09. The van der Waals surface area contributed by atoms with Crippen LogP contribution in [0.4, 0.5) is 5.69 Å². The summed E-state index contributed by atoms with van der Waals surface area (Å²) in [6.07, 6.45) is 0.754. The molecule has 4 heteroatoms. The standard InChI is InChI=1S/C17H20N2O2/c1-12-15(7-4-8-16(12)18)17(20)19-10-9-13-5-3-6-14(11-13)21-2/h3-8,11H,9-10,18H2,1-2H3,(H,19,20). The van der Waals surface area contributed by atoms with Gasteiger partial charge in [-0.05, 0) is 48.7 Å². The first-order valence-corrected chi connectivity index (χ1v) is 6.88. The van der Waals surface area contributed by atoms with E-state index < -0.39 is 0 Å². The van der Waals surface area contributed by atoms with Gasteiger partial charge in [0.1, 0.15) is 5.75 Å². The van der Waals surface area contributed by atoms with Crippen LogP contribution in [0.25, 0.3) is 0 Å². The van der Waals surface area contributed by atoms with Crippen LogP contribution in [-0.4, -0.2) is 19.6 Å². The van der Waals surface area contributed by atoms with Crippen LogP contribution in [0, 0.1) is 6.92 Å². The minimum atomic E-state index is -0.0947. The number of nitrogens with one attached hydrogen (secondary N) is 1. The van der Waals surface area contributed by atoms with E-state index >= 15 is 0 Å². The van der Waals surface area contributed by atoms with Gasteiger partial charge in [0.05, 0.1) is 7.11 Å². The van der Waals surface area contributed by atoms with Crippen LogP contribution in [0.15, 0.2) is 42.5 Å². The van der Waals surface area contributed by atoms with Crippen LogP contribution >= 0.6 is 0 Å². The van der Waals surface area contributed by atoms with E-state index in [1.807, 2.05) is 31.2 Å². The average molecular weight is 284 g/mol. The highest BCUT2D eigenvalue weighted by Gasteiger charge is 2.09. The van der Waals surface area contributed by atoms with Gasteiger partial charge in [0.15, 0.2) is 0 Å². The summed E-state index contributed by atoms with van der Waals surface area (Å²) in [5.74, 6) is 0.730. The van der Waals surface area contributed by atoms with E-state index in [1.54, 1.807) is 25.3 Å². The van der Waals surface area contributed by atoms with Gasteiger partial charge in [-0.2, -0.15) is 0 Å². The molecular formula is C17H20N2O2. The smallest absolute Gasteiger partial charge is 0.251 e. The SMILES string of the molecule is COc1cccc(CCNC(=O)c2cccc(N)c2C)c1. The number of hydrogen-bond acceptors (Lipinski definition) is 3. The molecule has 0 radical (unpaired) electrons. The number of carbonyl (C=O) groups is 1. The predicted molar refractivity (Wildman–Crippen MR) is 84.6 cm³/mol. The van der Waals surface area contributed by atoms with Gasteiger partial charge < -0.3 is 15.8 Å². The highest BCUT2D eigenvalue weighted by atomic mass is 16.5. The number of nitrogens with two attached hydrogens (primary N) is 1. The Morgan fingerprint density at radius 2 is 2.00 bits per heavy atom. The quantitative estimate of drug-likeness (QED) is 0.829. The van der Waals surface area contributed by atoms with Gasteiger partial charge in [-0.15, -0.1) is 0 Å². The zero-order chi connectivity index (χ0) is 15.2. The molecule has 0 heterocycles. The number of benzene rings is 2. The summed E-state index contributed by atoms with van der Waals surface area (Å²) in [7, 11) is 1.64. The highest BCUT2D eigenvalue weighted by molar-refractivity contribution is 5.96. The molecule has 3 N–H and O–H groups in total. The third-order valence-electron chi connectivity index (χ3n) is 3.45. The van der Waals surface area contributed by atoms with Gasteiger partial charge in [-0.1, -0.05) is 18.2 Å². The second kappa shape index (κ2) is 6.79. The summed E-state index contributed by atoms with van der Waals surface area (Å²) in [5, 5.41) is 2.92. The maximum atomic E-state index is 12.1. The molecule has 0 saturated carbocycles. The maximum absolute atomic E-state index is 12.1. The minimum absolute atomic E-state index is 0.0947. The van der Waals surface area contributed by atoms with E-state index in [1.165, 1.54) is 0 Å². The Labute approximate surface area is 124 Å². The van der Waals surface area contributed by atoms with Crippen LogP contribution in [0.1, 0.15) is 21.5 Å². The third-order valence-corrected chi connectivity index (χ3v) is 3.45. The lowest BCUT2D eigenvalue weighted by molar-refractivity contribution is 0.0953. The fraction of sp³-hybridized carbons (Fsp3) is 0.235. The van der Waals surface area contributed by atoms with Crippen LogP contribution in [-0.2, 0) is 6.42 Å². The molecular weight excluding hydrogens is 264 g/mol. The Bertz CT molecular complexity index is 638. The van der Waals surface area contributed by atoms with Crippen LogP contribution in [0.2, 0.25) is 0 Å². The minimum Gasteiger partial charge on any atom is -0.497 e. The topological polar surface area (TPSA) is 64.3 Å². The molecule has 110 valence electrons. The summed E-state index contributed by atoms with van der Waals surface area (Å²) in [4.78, 5) is 12.1. The van der Waals surface area contributed by atoms with E-state index in [0.29, 0.717) is 17.8 Å². The Hall–Kier alpha value is -2.49. The van der Waals surface area contributed by atoms with Gasteiger partial charge in [-0.25, -0.2) is 0 Å². The lowest BCUT2D eigenvalue weighted by atomic mass is 10.1. The van der Waals surface area contributed by atoms with E-state index in [2.05, 4.69) is 5.32 Å². The number of anilines is 1. The second-order valence-electron chi connectivity index (χ2n) is 4.88. The van der Waals surface area contributed by atoms with Crippen molar-refractivity contribution in [2.75, 3.05) is 19.4 Å². The number of carbonyl (C=O) groups excluding carboxylic acids is 1. The Morgan fingerprint density at radius 3 is 2.76 bits per heavy atom. The molecule has 21 heavy (non-hydrogen) atoms. The third kappa shape index (κ3) is 3.75. The summed E-state index contributed by atoms with van der Waals surface area (Å²) in [6.45, 7) is 2.42. The molecule has 0 fully saturated rings. The monoisotopic (exact) mass is 284 g/mol. The molecule has 0 atom stereocenters. The molecule has 2 aromatic rings. The molecule has 0 bridgehead atoms. The van der Waals surface area contributed by atoms with Crippen molar-refractivity contribution >= 4 is 11.6 Å². The van der Waals surface area contributed by atoms with Crippen molar-refractivity contribution in [1.82, 2.24) is 5.32 Å². The first-order chi connectivity index (χ1) is 10.1. The van der Waals surface area contributed by atoms with Crippen molar-refractivity contribution < 1.29 is 9.53 Å².